The van der Waals surface area contributed by atoms with Crippen molar-refractivity contribution in [3.05, 3.63) is 53.3 Å². The van der Waals surface area contributed by atoms with Crippen LogP contribution < -0.4 is 0 Å². The van der Waals surface area contributed by atoms with Gasteiger partial charge in [0.05, 0.1) is 17.1 Å². The van der Waals surface area contributed by atoms with E-state index in [0.717, 1.165) is 11.1 Å². The predicted molar refractivity (Wildman–Crippen MR) is 66.0 cm³/mol. The molecule has 0 atom stereocenters. The molecule has 0 fully saturated rings. The van der Waals surface area contributed by atoms with Crippen molar-refractivity contribution in [3.8, 4) is 11.1 Å². The van der Waals surface area contributed by atoms with Crippen molar-refractivity contribution < 1.29 is 9.90 Å². The van der Waals surface area contributed by atoms with Crippen molar-refractivity contribution in [3.63, 3.8) is 0 Å². The Morgan fingerprint density at radius 2 is 2.00 bits per heavy atom. The molecule has 0 spiro atoms. The summed E-state index contributed by atoms with van der Waals surface area (Å²) in [5.74, 6) is -0.904. The second-order valence-corrected chi connectivity index (χ2v) is 4.00. The number of pyridine rings is 1. The summed E-state index contributed by atoms with van der Waals surface area (Å²) in [6.45, 7) is 0. The topological polar surface area (TPSA) is 50.2 Å². The monoisotopic (exact) mass is 247 g/mol. The number of hydrogen-bond acceptors (Lipinski definition) is 2. The number of aliphatic carboxylic acids is 1. The fourth-order valence-corrected chi connectivity index (χ4v) is 1.78. The summed E-state index contributed by atoms with van der Waals surface area (Å²) in [5, 5.41) is 9.24. The fourth-order valence-electron chi connectivity index (χ4n) is 1.57. The summed E-state index contributed by atoms with van der Waals surface area (Å²) < 4.78 is 0. The predicted octanol–water partition coefficient (Wildman–Crippen LogP) is 3.03. The molecule has 0 bridgehead atoms. The minimum Gasteiger partial charge on any atom is -0.481 e. The van der Waals surface area contributed by atoms with E-state index in [1.165, 1.54) is 6.20 Å². The standard InChI is InChI=1S/C13H10ClNO2/c14-12-8-15-10(7-13(16)17)6-11(12)9-4-2-1-3-5-9/h1-6,8H,7H2,(H,16,17). The summed E-state index contributed by atoms with van der Waals surface area (Å²) in [6.07, 6.45) is 1.39. The van der Waals surface area contributed by atoms with Crippen molar-refractivity contribution >= 4 is 17.6 Å². The van der Waals surface area contributed by atoms with Gasteiger partial charge in [0.1, 0.15) is 0 Å². The molecule has 1 aromatic heterocycles. The van der Waals surface area contributed by atoms with E-state index in [2.05, 4.69) is 4.98 Å². The van der Waals surface area contributed by atoms with Crippen LogP contribution in [-0.4, -0.2) is 16.1 Å². The number of halogens is 1. The lowest BCUT2D eigenvalue weighted by molar-refractivity contribution is -0.136. The Morgan fingerprint density at radius 3 is 2.65 bits per heavy atom. The first-order valence-electron chi connectivity index (χ1n) is 5.08. The van der Waals surface area contributed by atoms with E-state index >= 15 is 0 Å². The lowest BCUT2D eigenvalue weighted by atomic mass is 10.1. The van der Waals surface area contributed by atoms with Crippen LogP contribution in [0.3, 0.4) is 0 Å². The first-order valence-corrected chi connectivity index (χ1v) is 5.46. The average molecular weight is 248 g/mol. The Bertz CT molecular complexity index is 540. The molecule has 2 rings (SSSR count). The van der Waals surface area contributed by atoms with Gasteiger partial charge < -0.3 is 5.11 Å². The molecule has 0 saturated carbocycles. The SMILES string of the molecule is O=C(O)Cc1cc(-c2ccccc2)c(Cl)cn1. The molecule has 0 amide bonds. The smallest absolute Gasteiger partial charge is 0.309 e. The second-order valence-electron chi connectivity index (χ2n) is 3.59. The molecule has 17 heavy (non-hydrogen) atoms. The highest BCUT2D eigenvalue weighted by atomic mass is 35.5. The second kappa shape index (κ2) is 4.97. The lowest BCUT2D eigenvalue weighted by Crippen LogP contribution is -2.02. The minimum absolute atomic E-state index is 0.100. The molecule has 0 aliphatic rings. The molecule has 0 aliphatic heterocycles. The van der Waals surface area contributed by atoms with Crippen LogP contribution in [0.2, 0.25) is 5.02 Å². The number of nitrogens with zero attached hydrogens (tertiary/aromatic N) is 1. The van der Waals surface area contributed by atoms with Crippen molar-refractivity contribution in [2.75, 3.05) is 0 Å². The Kier molecular flexibility index (Phi) is 3.40. The van der Waals surface area contributed by atoms with Crippen LogP contribution >= 0.6 is 11.6 Å². The number of carbonyl (C=O) groups is 1. The molecule has 0 radical (unpaired) electrons. The summed E-state index contributed by atoms with van der Waals surface area (Å²) in [5.41, 5.74) is 2.26. The molecule has 0 aliphatic carbocycles. The molecule has 0 unspecified atom stereocenters. The normalized spacial score (nSPS) is 10.2. The zero-order chi connectivity index (χ0) is 12.3. The molecule has 0 saturated heterocycles. The first kappa shape index (κ1) is 11.6. The Morgan fingerprint density at radius 1 is 1.29 bits per heavy atom. The van der Waals surface area contributed by atoms with Crippen LogP contribution in [0.1, 0.15) is 5.69 Å². The third-order valence-corrected chi connectivity index (χ3v) is 2.63. The van der Waals surface area contributed by atoms with Crippen LogP contribution in [0.4, 0.5) is 0 Å². The zero-order valence-corrected chi connectivity index (χ0v) is 9.69. The highest BCUT2D eigenvalue weighted by Crippen LogP contribution is 2.27. The van der Waals surface area contributed by atoms with Crippen LogP contribution in [0.5, 0.6) is 0 Å². The number of benzene rings is 1. The van der Waals surface area contributed by atoms with Crippen molar-refractivity contribution in [1.82, 2.24) is 4.98 Å². The number of carboxylic acids is 1. The lowest BCUT2D eigenvalue weighted by Gasteiger charge is -2.06. The van der Waals surface area contributed by atoms with Gasteiger partial charge in [0.25, 0.3) is 0 Å². The number of hydrogen-bond donors (Lipinski definition) is 1. The van der Waals surface area contributed by atoms with Crippen LogP contribution in [0, 0.1) is 0 Å². The summed E-state index contributed by atoms with van der Waals surface area (Å²) >= 11 is 6.06. The van der Waals surface area contributed by atoms with Crippen molar-refractivity contribution in [1.29, 1.82) is 0 Å². The van der Waals surface area contributed by atoms with E-state index < -0.39 is 5.97 Å². The number of rotatable bonds is 3. The highest BCUT2D eigenvalue weighted by Gasteiger charge is 2.08. The number of aromatic nitrogens is 1. The first-order chi connectivity index (χ1) is 8.16. The quantitative estimate of drug-likeness (QED) is 0.907. The van der Waals surface area contributed by atoms with E-state index in [1.807, 2.05) is 30.3 Å². The summed E-state index contributed by atoms with van der Waals surface area (Å²) in [4.78, 5) is 14.6. The van der Waals surface area contributed by atoms with Gasteiger partial charge in [-0.05, 0) is 11.6 Å². The van der Waals surface area contributed by atoms with Crippen molar-refractivity contribution in [2.45, 2.75) is 6.42 Å². The van der Waals surface area contributed by atoms with E-state index in [0.29, 0.717) is 10.7 Å². The molecule has 1 aromatic carbocycles. The Balaban J connectivity index is 2.43. The average Bonchev–Trinajstić information content (AvgIpc) is 2.32. The molecular formula is C13H10ClNO2. The summed E-state index contributed by atoms with van der Waals surface area (Å²) in [6, 6.07) is 11.3. The van der Waals surface area contributed by atoms with Gasteiger partial charge in [-0.25, -0.2) is 0 Å². The molecule has 2 aromatic rings. The molecular weight excluding hydrogens is 238 g/mol. The fraction of sp³-hybridized carbons (Fsp3) is 0.0769. The molecule has 3 nitrogen and oxygen atoms in total. The van der Waals surface area contributed by atoms with Gasteiger partial charge in [-0.15, -0.1) is 0 Å². The Labute approximate surface area is 104 Å². The maximum atomic E-state index is 10.6. The van der Waals surface area contributed by atoms with E-state index in [9.17, 15) is 4.79 Å². The molecule has 4 heteroatoms. The minimum atomic E-state index is -0.904. The van der Waals surface area contributed by atoms with Crippen LogP contribution in [-0.2, 0) is 11.2 Å². The zero-order valence-electron chi connectivity index (χ0n) is 8.93. The molecule has 86 valence electrons. The van der Waals surface area contributed by atoms with Crippen molar-refractivity contribution in [2.24, 2.45) is 0 Å². The van der Waals surface area contributed by atoms with Gasteiger partial charge in [0.15, 0.2) is 0 Å². The maximum absolute atomic E-state index is 10.6. The molecule has 1 heterocycles. The summed E-state index contributed by atoms with van der Waals surface area (Å²) in [7, 11) is 0. The van der Waals surface area contributed by atoms with E-state index in [-0.39, 0.29) is 6.42 Å². The maximum Gasteiger partial charge on any atom is 0.309 e. The largest absolute Gasteiger partial charge is 0.481 e. The van der Waals surface area contributed by atoms with Gasteiger partial charge in [-0.2, -0.15) is 0 Å². The third kappa shape index (κ3) is 2.82. The third-order valence-electron chi connectivity index (χ3n) is 2.33. The Hall–Kier alpha value is -1.87. The van der Waals surface area contributed by atoms with Gasteiger partial charge in [-0.3, -0.25) is 9.78 Å². The highest BCUT2D eigenvalue weighted by molar-refractivity contribution is 6.33. The van der Waals surface area contributed by atoms with Crippen LogP contribution in [0.25, 0.3) is 11.1 Å². The van der Waals surface area contributed by atoms with E-state index in [1.54, 1.807) is 6.07 Å². The van der Waals surface area contributed by atoms with Gasteiger partial charge in [0, 0.05) is 11.8 Å². The van der Waals surface area contributed by atoms with E-state index in [4.69, 9.17) is 16.7 Å². The number of carboxylic acid groups (broad SMARTS) is 1. The van der Waals surface area contributed by atoms with Gasteiger partial charge in [0.2, 0.25) is 0 Å². The van der Waals surface area contributed by atoms with Gasteiger partial charge in [-0.1, -0.05) is 41.9 Å². The van der Waals surface area contributed by atoms with Gasteiger partial charge >= 0.3 is 5.97 Å². The van der Waals surface area contributed by atoms with Crippen LogP contribution in [0.15, 0.2) is 42.6 Å². The molecule has 1 N–H and O–H groups in total.